The van der Waals surface area contributed by atoms with Gasteiger partial charge in [-0.3, -0.25) is 4.90 Å². The van der Waals surface area contributed by atoms with Crippen molar-refractivity contribution >= 4 is 0 Å². The standard InChI is InChI=1S/C13H25F3N2O/c1-4-6-17-11-5-7-19-8-12(11)18(10(2)3)9-13(14,15)16/h10-12,17H,4-9H2,1-3H3. The highest BCUT2D eigenvalue weighted by Gasteiger charge is 2.39. The molecule has 1 N–H and O–H groups in total. The molecule has 19 heavy (non-hydrogen) atoms. The van der Waals surface area contributed by atoms with Gasteiger partial charge < -0.3 is 10.1 Å². The van der Waals surface area contributed by atoms with Crippen LogP contribution in [0.3, 0.4) is 0 Å². The lowest BCUT2D eigenvalue weighted by Crippen LogP contribution is -2.59. The zero-order valence-corrected chi connectivity index (χ0v) is 12.0. The maximum Gasteiger partial charge on any atom is 0.401 e. The molecule has 2 unspecified atom stereocenters. The van der Waals surface area contributed by atoms with Crippen molar-refractivity contribution in [3.63, 3.8) is 0 Å². The second-order valence-electron chi connectivity index (χ2n) is 5.37. The smallest absolute Gasteiger partial charge is 0.380 e. The molecule has 0 aliphatic carbocycles. The summed E-state index contributed by atoms with van der Waals surface area (Å²) in [7, 11) is 0. The van der Waals surface area contributed by atoms with E-state index in [2.05, 4.69) is 12.2 Å². The van der Waals surface area contributed by atoms with E-state index in [1.165, 1.54) is 4.90 Å². The molecule has 1 aliphatic rings. The van der Waals surface area contributed by atoms with Gasteiger partial charge in [-0.2, -0.15) is 13.2 Å². The van der Waals surface area contributed by atoms with Gasteiger partial charge in [0.2, 0.25) is 0 Å². The van der Waals surface area contributed by atoms with E-state index in [0.29, 0.717) is 13.2 Å². The summed E-state index contributed by atoms with van der Waals surface area (Å²) in [6.07, 6.45) is -2.42. The first-order valence-electron chi connectivity index (χ1n) is 6.98. The lowest BCUT2D eigenvalue weighted by Gasteiger charge is -2.42. The van der Waals surface area contributed by atoms with Crippen LogP contribution in [0.5, 0.6) is 0 Å². The molecule has 1 saturated heterocycles. The number of hydrogen-bond acceptors (Lipinski definition) is 3. The van der Waals surface area contributed by atoms with Crippen molar-refractivity contribution in [2.45, 2.75) is 57.9 Å². The predicted octanol–water partition coefficient (Wildman–Crippen LogP) is 2.42. The van der Waals surface area contributed by atoms with E-state index < -0.39 is 12.7 Å². The lowest BCUT2D eigenvalue weighted by molar-refractivity contribution is -0.163. The zero-order chi connectivity index (χ0) is 14.5. The van der Waals surface area contributed by atoms with Gasteiger partial charge in [0.15, 0.2) is 0 Å². The summed E-state index contributed by atoms with van der Waals surface area (Å²) in [6.45, 7) is 6.61. The molecule has 0 aromatic rings. The first kappa shape index (κ1) is 16.7. The second kappa shape index (κ2) is 7.45. The molecule has 6 heteroatoms. The summed E-state index contributed by atoms with van der Waals surface area (Å²) in [5.41, 5.74) is 0. The second-order valence-corrected chi connectivity index (χ2v) is 5.37. The number of alkyl halides is 3. The third-order valence-corrected chi connectivity index (χ3v) is 3.43. The van der Waals surface area contributed by atoms with Gasteiger partial charge in [0.1, 0.15) is 0 Å². The summed E-state index contributed by atoms with van der Waals surface area (Å²) in [6, 6.07) is -0.278. The van der Waals surface area contributed by atoms with Crippen LogP contribution in [0.1, 0.15) is 33.6 Å². The minimum absolute atomic E-state index is 0.0819. The van der Waals surface area contributed by atoms with Gasteiger partial charge in [0.05, 0.1) is 13.2 Å². The lowest BCUT2D eigenvalue weighted by atomic mass is 10.00. The molecule has 0 radical (unpaired) electrons. The van der Waals surface area contributed by atoms with Crippen molar-refractivity contribution in [2.24, 2.45) is 0 Å². The molecule has 0 amide bonds. The van der Waals surface area contributed by atoms with Crippen LogP contribution in [0, 0.1) is 0 Å². The predicted molar refractivity (Wildman–Crippen MR) is 69.2 cm³/mol. The van der Waals surface area contributed by atoms with Crippen LogP contribution in [0.25, 0.3) is 0 Å². The molecule has 114 valence electrons. The Kier molecular flexibility index (Phi) is 6.56. The van der Waals surface area contributed by atoms with E-state index in [0.717, 1.165) is 19.4 Å². The molecule has 3 nitrogen and oxygen atoms in total. The molecule has 1 aliphatic heterocycles. The Hall–Kier alpha value is -0.330. The van der Waals surface area contributed by atoms with E-state index in [9.17, 15) is 13.2 Å². The first-order valence-corrected chi connectivity index (χ1v) is 6.98. The topological polar surface area (TPSA) is 24.5 Å². The maximum absolute atomic E-state index is 12.7. The molecular weight excluding hydrogens is 257 g/mol. The van der Waals surface area contributed by atoms with E-state index in [4.69, 9.17) is 4.74 Å². The first-order chi connectivity index (χ1) is 8.85. The van der Waals surface area contributed by atoms with Crippen molar-refractivity contribution in [1.82, 2.24) is 10.2 Å². The van der Waals surface area contributed by atoms with Gasteiger partial charge in [-0.25, -0.2) is 0 Å². The van der Waals surface area contributed by atoms with Gasteiger partial charge in [0, 0.05) is 24.7 Å². The summed E-state index contributed by atoms with van der Waals surface area (Å²) >= 11 is 0. The van der Waals surface area contributed by atoms with Crippen LogP contribution < -0.4 is 5.32 Å². The molecule has 2 atom stereocenters. The zero-order valence-electron chi connectivity index (χ0n) is 12.0. The van der Waals surface area contributed by atoms with E-state index in [-0.39, 0.29) is 18.1 Å². The van der Waals surface area contributed by atoms with E-state index >= 15 is 0 Å². The van der Waals surface area contributed by atoms with Gasteiger partial charge >= 0.3 is 6.18 Å². The van der Waals surface area contributed by atoms with Crippen LogP contribution >= 0.6 is 0 Å². The Morgan fingerprint density at radius 2 is 2.05 bits per heavy atom. The average molecular weight is 282 g/mol. The normalized spacial score (nSPS) is 25.3. The third-order valence-electron chi connectivity index (χ3n) is 3.43. The van der Waals surface area contributed by atoms with Gasteiger partial charge in [0.25, 0.3) is 0 Å². The third kappa shape index (κ3) is 5.67. The van der Waals surface area contributed by atoms with Crippen LogP contribution in [-0.2, 0) is 4.74 Å². The van der Waals surface area contributed by atoms with Crippen molar-refractivity contribution in [1.29, 1.82) is 0 Å². The fraction of sp³-hybridized carbons (Fsp3) is 1.00. The van der Waals surface area contributed by atoms with E-state index in [1.807, 2.05) is 0 Å². The quantitative estimate of drug-likeness (QED) is 0.809. The van der Waals surface area contributed by atoms with Crippen LogP contribution in [-0.4, -0.2) is 55.5 Å². The maximum atomic E-state index is 12.7. The monoisotopic (exact) mass is 282 g/mol. The van der Waals surface area contributed by atoms with Crippen LogP contribution in [0.15, 0.2) is 0 Å². The number of nitrogens with one attached hydrogen (secondary N) is 1. The highest BCUT2D eigenvalue weighted by atomic mass is 19.4. The van der Waals surface area contributed by atoms with Gasteiger partial charge in [-0.1, -0.05) is 6.92 Å². The Balaban J connectivity index is 2.72. The number of nitrogens with zero attached hydrogens (tertiary/aromatic N) is 1. The van der Waals surface area contributed by atoms with E-state index in [1.54, 1.807) is 13.8 Å². The van der Waals surface area contributed by atoms with Crippen molar-refractivity contribution in [3.05, 3.63) is 0 Å². The molecule has 0 spiro atoms. The molecule has 0 bridgehead atoms. The summed E-state index contributed by atoms with van der Waals surface area (Å²) < 4.78 is 43.5. The van der Waals surface area contributed by atoms with Gasteiger partial charge in [-0.05, 0) is 33.2 Å². The summed E-state index contributed by atoms with van der Waals surface area (Å²) in [5, 5.41) is 3.35. The Morgan fingerprint density at radius 3 is 2.58 bits per heavy atom. The minimum Gasteiger partial charge on any atom is -0.380 e. The van der Waals surface area contributed by atoms with Crippen molar-refractivity contribution < 1.29 is 17.9 Å². The molecule has 0 aromatic heterocycles. The molecule has 1 rings (SSSR count). The fourth-order valence-corrected chi connectivity index (χ4v) is 2.51. The number of hydrogen-bond donors (Lipinski definition) is 1. The van der Waals surface area contributed by atoms with Gasteiger partial charge in [-0.15, -0.1) is 0 Å². The summed E-state index contributed by atoms with van der Waals surface area (Å²) in [4.78, 5) is 1.51. The molecular formula is C13H25F3N2O. The number of ether oxygens (including phenoxy) is 1. The largest absolute Gasteiger partial charge is 0.401 e. The minimum atomic E-state index is -4.17. The number of rotatable bonds is 6. The number of halogens is 3. The van der Waals surface area contributed by atoms with Crippen molar-refractivity contribution in [3.8, 4) is 0 Å². The highest BCUT2D eigenvalue weighted by Crippen LogP contribution is 2.23. The average Bonchev–Trinajstić information content (AvgIpc) is 2.32. The Bertz CT molecular complexity index is 259. The summed E-state index contributed by atoms with van der Waals surface area (Å²) in [5.74, 6) is 0. The van der Waals surface area contributed by atoms with Crippen molar-refractivity contribution in [2.75, 3.05) is 26.3 Å². The van der Waals surface area contributed by atoms with Crippen LogP contribution in [0.2, 0.25) is 0 Å². The SMILES string of the molecule is CCCNC1CCOCC1N(CC(F)(F)F)C(C)C. The highest BCUT2D eigenvalue weighted by molar-refractivity contribution is 4.89. The molecule has 1 fully saturated rings. The Morgan fingerprint density at radius 1 is 1.37 bits per heavy atom. The fourth-order valence-electron chi connectivity index (χ4n) is 2.51. The Labute approximate surface area is 113 Å². The molecule has 1 heterocycles. The molecule has 0 saturated carbocycles. The van der Waals surface area contributed by atoms with Crippen LogP contribution in [0.4, 0.5) is 13.2 Å². The molecule has 0 aromatic carbocycles.